The normalized spacial score (nSPS) is 12.6. The van der Waals surface area contributed by atoms with Crippen LogP contribution in [0.1, 0.15) is 39.4 Å². The Morgan fingerprint density at radius 2 is 1.74 bits per heavy atom. The highest BCUT2D eigenvalue weighted by atomic mass is 16.6. The Balaban J connectivity index is 2.94. The third kappa shape index (κ3) is 4.39. The van der Waals surface area contributed by atoms with Crippen LogP contribution in [0.4, 0.5) is 0 Å². The quantitative estimate of drug-likeness (QED) is 0.785. The zero-order chi connectivity index (χ0) is 14.5. The molecule has 0 aromatic heterocycles. The molecule has 0 aliphatic carbocycles. The summed E-state index contributed by atoms with van der Waals surface area (Å²) < 4.78 is 10.3. The molecule has 1 aromatic carbocycles. The Morgan fingerprint density at radius 1 is 1.16 bits per heavy atom. The van der Waals surface area contributed by atoms with Gasteiger partial charge in [0.2, 0.25) is 6.10 Å². The van der Waals surface area contributed by atoms with Crippen molar-refractivity contribution in [3.63, 3.8) is 0 Å². The zero-order valence-electron chi connectivity index (χ0n) is 11.8. The van der Waals surface area contributed by atoms with Crippen LogP contribution in [0.15, 0.2) is 30.3 Å². The molecule has 0 N–H and O–H groups in total. The first kappa shape index (κ1) is 15.2. The van der Waals surface area contributed by atoms with E-state index in [1.807, 2.05) is 6.07 Å². The summed E-state index contributed by atoms with van der Waals surface area (Å²) in [6, 6.07) is 8.87. The highest BCUT2D eigenvalue weighted by Gasteiger charge is 2.31. The van der Waals surface area contributed by atoms with Gasteiger partial charge in [0.05, 0.1) is 12.0 Å². The lowest BCUT2D eigenvalue weighted by atomic mass is 9.97. The van der Waals surface area contributed by atoms with E-state index in [0.29, 0.717) is 5.56 Å². The van der Waals surface area contributed by atoms with Crippen molar-refractivity contribution >= 4 is 11.9 Å². The van der Waals surface area contributed by atoms with Crippen LogP contribution >= 0.6 is 0 Å². The van der Waals surface area contributed by atoms with Crippen molar-refractivity contribution < 1.29 is 19.1 Å². The van der Waals surface area contributed by atoms with E-state index in [2.05, 4.69) is 0 Å². The summed E-state index contributed by atoms with van der Waals surface area (Å²) >= 11 is 0. The summed E-state index contributed by atoms with van der Waals surface area (Å²) in [4.78, 5) is 23.8. The molecule has 1 aromatic rings. The number of esters is 2. The molecule has 0 fully saturated rings. The minimum Gasteiger partial charge on any atom is -0.463 e. The van der Waals surface area contributed by atoms with E-state index >= 15 is 0 Å². The van der Waals surface area contributed by atoms with Crippen molar-refractivity contribution in [2.24, 2.45) is 5.41 Å². The number of carbonyl (C=O) groups is 2. The SMILES string of the molecule is CCOC(=O)[C@H](OC(=O)C(C)(C)C)c1ccccc1. The van der Waals surface area contributed by atoms with Crippen LogP contribution in [0.25, 0.3) is 0 Å². The van der Waals surface area contributed by atoms with Gasteiger partial charge < -0.3 is 9.47 Å². The summed E-state index contributed by atoms with van der Waals surface area (Å²) in [6.07, 6.45) is -1.01. The van der Waals surface area contributed by atoms with E-state index in [-0.39, 0.29) is 6.61 Å². The van der Waals surface area contributed by atoms with Crippen LogP contribution in [-0.2, 0) is 19.1 Å². The predicted octanol–water partition coefficient (Wildman–Crippen LogP) is 2.88. The summed E-state index contributed by atoms with van der Waals surface area (Å²) in [5.41, 5.74) is -0.0574. The first-order chi connectivity index (χ1) is 8.86. The first-order valence-corrected chi connectivity index (χ1v) is 6.29. The van der Waals surface area contributed by atoms with E-state index in [0.717, 1.165) is 0 Å². The second kappa shape index (κ2) is 6.36. The highest BCUT2D eigenvalue weighted by molar-refractivity contribution is 5.82. The molecule has 0 saturated heterocycles. The minimum absolute atomic E-state index is 0.245. The van der Waals surface area contributed by atoms with E-state index in [9.17, 15) is 9.59 Å². The Morgan fingerprint density at radius 3 is 2.21 bits per heavy atom. The lowest BCUT2D eigenvalue weighted by Crippen LogP contribution is -2.29. The standard InChI is InChI=1S/C15H20O4/c1-5-18-13(16)12(11-9-7-6-8-10-11)19-14(17)15(2,3)4/h6-10,12H,5H2,1-4H3/t12-/m1/s1. The molecule has 0 unspecified atom stereocenters. The minimum atomic E-state index is -1.01. The maximum Gasteiger partial charge on any atom is 0.352 e. The summed E-state index contributed by atoms with van der Waals surface area (Å²) in [5.74, 6) is -0.985. The molecule has 4 nitrogen and oxygen atoms in total. The molecule has 1 atom stereocenters. The van der Waals surface area contributed by atoms with Crippen LogP contribution in [0.2, 0.25) is 0 Å². The van der Waals surface area contributed by atoms with Gasteiger partial charge in [-0.25, -0.2) is 4.79 Å². The molecule has 0 radical (unpaired) electrons. The van der Waals surface area contributed by atoms with E-state index in [1.165, 1.54) is 0 Å². The number of carbonyl (C=O) groups excluding carboxylic acids is 2. The Hall–Kier alpha value is -1.84. The Bertz CT molecular complexity index is 431. The number of ether oxygens (including phenoxy) is 2. The van der Waals surface area contributed by atoms with Gasteiger partial charge in [0, 0.05) is 5.56 Å². The monoisotopic (exact) mass is 264 g/mol. The van der Waals surface area contributed by atoms with Gasteiger partial charge in [0.25, 0.3) is 0 Å². The van der Waals surface area contributed by atoms with Gasteiger partial charge in [-0.3, -0.25) is 4.79 Å². The third-order valence-electron chi connectivity index (χ3n) is 2.44. The molecular weight excluding hydrogens is 244 g/mol. The zero-order valence-corrected chi connectivity index (χ0v) is 11.8. The fraction of sp³-hybridized carbons (Fsp3) is 0.467. The van der Waals surface area contributed by atoms with Gasteiger partial charge in [-0.05, 0) is 27.7 Å². The largest absolute Gasteiger partial charge is 0.463 e. The molecule has 19 heavy (non-hydrogen) atoms. The topological polar surface area (TPSA) is 52.6 Å². The van der Waals surface area contributed by atoms with Crippen LogP contribution < -0.4 is 0 Å². The molecule has 0 amide bonds. The molecular formula is C15H20O4. The second-order valence-electron chi connectivity index (χ2n) is 5.20. The lowest BCUT2D eigenvalue weighted by Gasteiger charge is -2.22. The molecule has 1 rings (SSSR count). The van der Waals surface area contributed by atoms with Gasteiger partial charge in [-0.15, -0.1) is 0 Å². The third-order valence-corrected chi connectivity index (χ3v) is 2.44. The van der Waals surface area contributed by atoms with Crippen molar-refractivity contribution in [3.05, 3.63) is 35.9 Å². The number of rotatable bonds is 4. The van der Waals surface area contributed by atoms with Gasteiger partial charge in [0.15, 0.2) is 0 Å². The Labute approximate surface area is 113 Å². The number of benzene rings is 1. The molecule has 0 bridgehead atoms. The smallest absolute Gasteiger partial charge is 0.352 e. The van der Waals surface area contributed by atoms with E-state index in [4.69, 9.17) is 9.47 Å². The molecule has 0 aliphatic rings. The Kier molecular flexibility index (Phi) is 5.10. The number of hydrogen-bond donors (Lipinski definition) is 0. The molecule has 0 spiro atoms. The van der Waals surface area contributed by atoms with Gasteiger partial charge in [-0.2, -0.15) is 0 Å². The van der Waals surface area contributed by atoms with Gasteiger partial charge in [0.1, 0.15) is 0 Å². The van der Waals surface area contributed by atoms with Crippen LogP contribution in [-0.4, -0.2) is 18.5 Å². The molecule has 0 saturated carbocycles. The lowest BCUT2D eigenvalue weighted by molar-refractivity contribution is -0.173. The van der Waals surface area contributed by atoms with Crippen molar-refractivity contribution in [2.45, 2.75) is 33.8 Å². The predicted molar refractivity (Wildman–Crippen MR) is 71.4 cm³/mol. The van der Waals surface area contributed by atoms with Gasteiger partial charge >= 0.3 is 11.9 Å². The average molecular weight is 264 g/mol. The maximum atomic E-state index is 11.9. The molecule has 4 heteroatoms. The number of hydrogen-bond acceptors (Lipinski definition) is 4. The summed E-state index contributed by atoms with van der Waals surface area (Å²) in [5, 5.41) is 0. The van der Waals surface area contributed by atoms with Gasteiger partial charge in [-0.1, -0.05) is 30.3 Å². The second-order valence-corrected chi connectivity index (χ2v) is 5.20. The van der Waals surface area contributed by atoms with E-state index < -0.39 is 23.5 Å². The van der Waals surface area contributed by atoms with E-state index in [1.54, 1.807) is 52.0 Å². The van der Waals surface area contributed by atoms with Crippen LogP contribution in [0, 0.1) is 5.41 Å². The van der Waals surface area contributed by atoms with Crippen molar-refractivity contribution in [3.8, 4) is 0 Å². The van der Waals surface area contributed by atoms with Crippen molar-refractivity contribution in [2.75, 3.05) is 6.61 Å². The molecule has 0 aliphatic heterocycles. The van der Waals surface area contributed by atoms with Crippen LogP contribution in [0.3, 0.4) is 0 Å². The summed E-state index contributed by atoms with van der Waals surface area (Å²) in [7, 11) is 0. The average Bonchev–Trinajstić information content (AvgIpc) is 2.35. The fourth-order valence-corrected chi connectivity index (χ4v) is 1.38. The fourth-order valence-electron chi connectivity index (χ4n) is 1.38. The van der Waals surface area contributed by atoms with Crippen LogP contribution in [0.5, 0.6) is 0 Å². The summed E-state index contributed by atoms with van der Waals surface area (Å²) in [6.45, 7) is 7.17. The molecule has 0 heterocycles. The maximum absolute atomic E-state index is 11.9. The molecule has 104 valence electrons. The first-order valence-electron chi connectivity index (χ1n) is 6.29. The highest BCUT2D eigenvalue weighted by Crippen LogP contribution is 2.24. The van der Waals surface area contributed by atoms with Crippen molar-refractivity contribution in [1.29, 1.82) is 0 Å². The van der Waals surface area contributed by atoms with Crippen molar-refractivity contribution in [1.82, 2.24) is 0 Å².